The van der Waals surface area contributed by atoms with Crippen molar-refractivity contribution in [2.75, 3.05) is 23.9 Å². The van der Waals surface area contributed by atoms with Crippen LogP contribution in [0.2, 0.25) is 0 Å². The van der Waals surface area contributed by atoms with E-state index < -0.39 is 4.92 Å². The quantitative estimate of drug-likeness (QED) is 0.125. The second-order valence-corrected chi connectivity index (χ2v) is 8.62. The standard InChI is InChI=1S/C26H23BrN6O4/c1-4-10-32(16-18-8-6-5-7-9-18)24-13-22(29-17(2)34)23(14-25(24)37-3)30-31-26-19(15-28)11-20(33(35)36)12-21(26)27/h4-9,11-14H,1,10,16H2,2-3H3,(H,29,34). The van der Waals surface area contributed by atoms with Crippen LogP contribution in [0, 0.1) is 21.4 Å². The minimum Gasteiger partial charge on any atom is -0.494 e. The van der Waals surface area contributed by atoms with Crippen LogP contribution in [0.15, 0.2) is 82.0 Å². The number of nitro benzene ring substituents is 1. The summed E-state index contributed by atoms with van der Waals surface area (Å²) in [5.74, 6) is 0.157. The molecular weight excluding hydrogens is 540 g/mol. The molecule has 0 saturated carbocycles. The number of carbonyl (C=O) groups is 1. The minimum atomic E-state index is -0.602. The molecule has 3 aromatic rings. The summed E-state index contributed by atoms with van der Waals surface area (Å²) >= 11 is 3.23. The first-order valence-electron chi connectivity index (χ1n) is 11.0. The molecule has 188 valence electrons. The van der Waals surface area contributed by atoms with Gasteiger partial charge in [0.05, 0.1) is 33.4 Å². The summed E-state index contributed by atoms with van der Waals surface area (Å²) in [5, 5.41) is 31.8. The summed E-state index contributed by atoms with van der Waals surface area (Å²) < 4.78 is 5.88. The van der Waals surface area contributed by atoms with Crippen molar-refractivity contribution in [1.82, 2.24) is 0 Å². The Kier molecular flexibility index (Phi) is 9.07. The highest BCUT2D eigenvalue weighted by Crippen LogP contribution is 2.41. The van der Waals surface area contributed by atoms with E-state index in [1.165, 1.54) is 20.1 Å². The number of nitrogens with zero attached hydrogens (tertiary/aromatic N) is 5. The van der Waals surface area contributed by atoms with E-state index in [0.29, 0.717) is 30.2 Å². The van der Waals surface area contributed by atoms with Gasteiger partial charge in [0.15, 0.2) is 0 Å². The molecule has 11 heteroatoms. The van der Waals surface area contributed by atoms with Crippen LogP contribution < -0.4 is 15.0 Å². The molecule has 0 saturated heterocycles. The number of nitriles is 1. The monoisotopic (exact) mass is 562 g/mol. The molecule has 0 unspecified atom stereocenters. The number of anilines is 2. The molecule has 0 aliphatic carbocycles. The fraction of sp³-hybridized carbons (Fsp3) is 0.154. The second kappa shape index (κ2) is 12.4. The summed E-state index contributed by atoms with van der Waals surface area (Å²) in [7, 11) is 1.52. The van der Waals surface area contributed by atoms with E-state index in [1.54, 1.807) is 18.2 Å². The number of benzene rings is 3. The van der Waals surface area contributed by atoms with Gasteiger partial charge in [-0.15, -0.1) is 16.8 Å². The molecule has 10 nitrogen and oxygen atoms in total. The number of carbonyl (C=O) groups excluding carboxylic acids is 1. The predicted octanol–water partition coefficient (Wildman–Crippen LogP) is 6.80. The fourth-order valence-corrected chi connectivity index (χ4v) is 4.06. The van der Waals surface area contributed by atoms with Crippen molar-refractivity contribution in [3.8, 4) is 11.8 Å². The number of hydrogen-bond donors (Lipinski definition) is 1. The van der Waals surface area contributed by atoms with E-state index >= 15 is 0 Å². The maximum absolute atomic E-state index is 12.0. The van der Waals surface area contributed by atoms with Crippen LogP contribution in [0.25, 0.3) is 0 Å². The second-order valence-electron chi connectivity index (χ2n) is 7.77. The number of methoxy groups -OCH3 is 1. The molecule has 0 aliphatic heterocycles. The van der Waals surface area contributed by atoms with Gasteiger partial charge >= 0.3 is 0 Å². The highest BCUT2D eigenvalue weighted by Gasteiger charge is 2.19. The number of rotatable bonds is 10. The number of non-ortho nitro benzene ring substituents is 1. The number of ether oxygens (including phenoxy) is 1. The molecule has 1 N–H and O–H groups in total. The lowest BCUT2D eigenvalue weighted by Crippen LogP contribution is -2.23. The van der Waals surface area contributed by atoms with E-state index in [-0.39, 0.29) is 33.0 Å². The molecule has 0 spiro atoms. The van der Waals surface area contributed by atoms with Crippen molar-refractivity contribution < 1.29 is 14.5 Å². The Morgan fingerprint density at radius 2 is 2.00 bits per heavy atom. The molecule has 3 rings (SSSR count). The lowest BCUT2D eigenvalue weighted by molar-refractivity contribution is -0.384. The SMILES string of the molecule is C=CCN(Cc1ccccc1)c1cc(NC(C)=O)c(N=Nc2c(Br)cc([N+](=O)[O-])cc2C#N)cc1OC. The third kappa shape index (κ3) is 6.77. The van der Waals surface area contributed by atoms with E-state index in [2.05, 4.69) is 38.1 Å². The van der Waals surface area contributed by atoms with Gasteiger partial charge in [-0.25, -0.2) is 0 Å². The van der Waals surface area contributed by atoms with Gasteiger partial charge in [-0.2, -0.15) is 5.26 Å². The number of hydrogen-bond acceptors (Lipinski definition) is 8. The summed E-state index contributed by atoms with van der Waals surface area (Å²) in [6, 6.07) is 17.5. The van der Waals surface area contributed by atoms with Crippen LogP contribution in [-0.2, 0) is 11.3 Å². The van der Waals surface area contributed by atoms with Crippen LogP contribution in [0.3, 0.4) is 0 Å². The molecule has 37 heavy (non-hydrogen) atoms. The Hall–Kier alpha value is -4.56. The number of halogens is 1. The van der Waals surface area contributed by atoms with E-state index in [0.717, 1.165) is 11.6 Å². The van der Waals surface area contributed by atoms with Crippen molar-refractivity contribution in [3.63, 3.8) is 0 Å². The average Bonchev–Trinajstić information content (AvgIpc) is 2.87. The number of nitro groups is 1. The molecule has 0 heterocycles. The van der Waals surface area contributed by atoms with Crippen molar-refractivity contribution >= 4 is 50.3 Å². The van der Waals surface area contributed by atoms with E-state index in [1.807, 2.05) is 41.3 Å². The first-order valence-corrected chi connectivity index (χ1v) is 11.8. The predicted molar refractivity (Wildman–Crippen MR) is 145 cm³/mol. The smallest absolute Gasteiger partial charge is 0.272 e. The number of nitrogens with one attached hydrogen (secondary N) is 1. The minimum absolute atomic E-state index is 0.0329. The van der Waals surface area contributed by atoms with Gasteiger partial charge in [0.2, 0.25) is 5.91 Å². The third-order valence-corrected chi connectivity index (χ3v) is 5.76. The zero-order valence-corrected chi connectivity index (χ0v) is 21.7. The largest absolute Gasteiger partial charge is 0.494 e. The highest BCUT2D eigenvalue weighted by molar-refractivity contribution is 9.10. The van der Waals surface area contributed by atoms with Gasteiger partial charge in [-0.05, 0) is 27.6 Å². The van der Waals surface area contributed by atoms with Crippen LogP contribution >= 0.6 is 15.9 Å². The summed E-state index contributed by atoms with van der Waals surface area (Å²) in [6.45, 7) is 6.30. The van der Waals surface area contributed by atoms with Gasteiger partial charge in [0.1, 0.15) is 23.2 Å². The van der Waals surface area contributed by atoms with Gasteiger partial charge < -0.3 is 15.0 Å². The molecule has 0 aliphatic rings. The molecule has 0 atom stereocenters. The van der Waals surface area contributed by atoms with Crippen molar-refractivity contribution in [2.45, 2.75) is 13.5 Å². The van der Waals surface area contributed by atoms with Crippen molar-refractivity contribution in [2.24, 2.45) is 10.2 Å². The number of azo groups is 1. The molecule has 0 radical (unpaired) electrons. The molecule has 3 aromatic carbocycles. The van der Waals surface area contributed by atoms with Gasteiger partial charge in [-0.1, -0.05) is 36.4 Å². The summed E-state index contributed by atoms with van der Waals surface area (Å²) in [5.41, 5.74) is 2.23. The molecule has 1 amide bonds. The Labute approximate surface area is 222 Å². The lowest BCUT2D eigenvalue weighted by atomic mass is 10.1. The van der Waals surface area contributed by atoms with Crippen molar-refractivity contribution in [3.05, 3.63) is 93.0 Å². The fourth-order valence-electron chi connectivity index (χ4n) is 3.53. The number of amides is 1. The maximum Gasteiger partial charge on any atom is 0.272 e. The Balaban J connectivity index is 2.10. The van der Waals surface area contributed by atoms with Crippen molar-refractivity contribution in [1.29, 1.82) is 5.26 Å². The third-order valence-electron chi connectivity index (χ3n) is 5.15. The van der Waals surface area contributed by atoms with Crippen LogP contribution in [-0.4, -0.2) is 24.5 Å². The van der Waals surface area contributed by atoms with Gasteiger partial charge in [0, 0.05) is 38.2 Å². The van der Waals surface area contributed by atoms with Crippen LogP contribution in [0.4, 0.5) is 28.4 Å². The topological polar surface area (TPSA) is 133 Å². The van der Waals surface area contributed by atoms with Crippen LogP contribution in [0.5, 0.6) is 5.75 Å². The average molecular weight is 563 g/mol. The molecule has 0 fully saturated rings. The summed E-state index contributed by atoms with van der Waals surface area (Å²) in [6.07, 6.45) is 1.77. The zero-order chi connectivity index (χ0) is 26.9. The lowest BCUT2D eigenvalue weighted by Gasteiger charge is -2.26. The zero-order valence-electron chi connectivity index (χ0n) is 20.1. The van der Waals surface area contributed by atoms with E-state index in [9.17, 15) is 20.2 Å². The first-order chi connectivity index (χ1) is 17.8. The Morgan fingerprint density at radius 3 is 2.59 bits per heavy atom. The van der Waals surface area contributed by atoms with Gasteiger partial charge in [-0.3, -0.25) is 14.9 Å². The normalized spacial score (nSPS) is 10.5. The molecule has 0 aromatic heterocycles. The molecule has 0 bridgehead atoms. The summed E-state index contributed by atoms with van der Waals surface area (Å²) in [4.78, 5) is 24.6. The molecular formula is C26H23BrN6O4. The van der Waals surface area contributed by atoms with Crippen LogP contribution in [0.1, 0.15) is 18.1 Å². The maximum atomic E-state index is 12.0. The van der Waals surface area contributed by atoms with Gasteiger partial charge in [0.25, 0.3) is 5.69 Å². The Bertz CT molecular complexity index is 1400. The first kappa shape index (κ1) is 27.0. The van der Waals surface area contributed by atoms with E-state index in [4.69, 9.17) is 4.74 Å². The highest BCUT2D eigenvalue weighted by atomic mass is 79.9. The Morgan fingerprint density at radius 1 is 1.27 bits per heavy atom.